The molecule has 2 aliphatic rings. The van der Waals surface area contributed by atoms with E-state index >= 15 is 0 Å². The van der Waals surface area contributed by atoms with Crippen LogP contribution >= 0.6 is 24.0 Å². The number of carbonyl (C=O) groups is 2. The first-order valence-corrected chi connectivity index (χ1v) is 13.1. The molecule has 0 spiro atoms. The maximum absolute atomic E-state index is 12.8. The normalized spacial score (nSPS) is 26.9. The van der Waals surface area contributed by atoms with E-state index in [2.05, 4.69) is 39.2 Å². The van der Waals surface area contributed by atoms with Gasteiger partial charge in [0.05, 0.1) is 24.0 Å². The summed E-state index contributed by atoms with van der Waals surface area (Å²) >= 11 is 6.79. The van der Waals surface area contributed by atoms with Gasteiger partial charge in [-0.25, -0.2) is 0 Å². The van der Waals surface area contributed by atoms with E-state index in [-0.39, 0.29) is 40.8 Å². The first-order chi connectivity index (χ1) is 11.4. The van der Waals surface area contributed by atoms with Gasteiger partial charge in [0.25, 0.3) is 0 Å². The molecule has 0 aromatic carbocycles. The zero-order valence-corrected chi connectivity index (χ0v) is 18.8. The number of hydrogen-bond donors (Lipinski definition) is 1. The lowest BCUT2D eigenvalue weighted by Gasteiger charge is -2.47. The monoisotopic (exact) mass is 402 g/mol. The lowest BCUT2D eigenvalue weighted by molar-refractivity contribution is -0.146. The summed E-state index contributed by atoms with van der Waals surface area (Å²) in [6, 6.07) is -0.187. The molecule has 0 saturated carbocycles. The van der Waals surface area contributed by atoms with Crippen molar-refractivity contribution < 1.29 is 14.0 Å². The van der Waals surface area contributed by atoms with E-state index in [1.807, 2.05) is 13.8 Å². The minimum absolute atomic E-state index is 0.00419. The second kappa shape index (κ2) is 7.29. The van der Waals surface area contributed by atoms with Gasteiger partial charge in [-0.15, -0.1) is 0 Å². The Balaban J connectivity index is 2.06. The maximum Gasteiger partial charge on any atom is 0.232 e. The summed E-state index contributed by atoms with van der Waals surface area (Å²) in [7, 11) is -1.97. The first-order valence-electron chi connectivity index (χ1n) is 8.83. The van der Waals surface area contributed by atoms with Crippen molar-refractivity contribution >= 4 is 48.4 Å². The Kier molecular flexibility index (Phi) is 6.08. The zero-order valence-electron chi connectivity index (χ0n) is 16.2. The van der Waals surface area contributed by atoms with Crippen molar-refractivity contribution in [2.45, 2.75) is 64.9 Å². The molecule has 2 heterocycles. The average molecular weight is 403 g/mol. The number of carbonyl (C=O) groups excluding carboxylic acids is 2. The third-order valence-electron chi connectivity index (χ3n) is 5.75. The van der Waals surface area contributed by atoms with Gasteiger partial charge in [0.15, 0.2) is 8.32 Å². The number of β-lactam (4-membered cyclic amide) rings is 1. The highest BCUT2D eigenvalue weighted by atomic mass is 32.2. The zero-order chi connectivity index (χ0) is 19.2. The average Bonchev–Trinajstić information content (AvgIpc) is 2.87. The van der Waals surface area contributed by atoms with Crippen molar-refractivity contribution in [3.8, 4) is 0 Å². The van der Waals surface area contributed by atoms with Gasteiger partial charge in [-0.1, -0.05) is 51.7 Å². The summed E-state index contributed by atoms with van der Waals surface area (Å²) in [4.78, 5) is 26.6. The van der Waals surface area contributed by atoms with Crippen LogP contribution in [0.25, 0.3) is 0 Å². The predicted molar refractivity (Wildman–Crippen MR) is 109 cm³/mol. The highest BCUT2D eigenvalue weighted by Crippen LogP contribution is 2.39. The topological polar surface area (TPSA) is 58.6 Å². The smallest absolute Gasteiger partial charge is 0.232 e. The van der Waals surface area contributed by atoms with Crippen LogP contribution in [0, 0.1) is 11.8 Å². The summed E-state index contributed by atoms with van der Waals surface area (Å²) < 4.78 is 7.05. The molecule has 2 aliphatic heterocycles. The Morgan fingerprint density at radius 2 is 2.00 bits per heavy atom. The van der Waals surface area contributed by atoms with Crippen LogP contribution in [0.2, 0.25) is 18.1 Å². The summed E-state index contributed by atoms with van der Waals surface area (Å²) in [5.41, 5.74) is 0. The highest BCUT2D eigenvalue weighted by molar-refractivity contribution is 8.23. The van der Waals surface area contributed by atoms with Crippen molar-refractivity contribution in [3.63, 3.8) is 0 Å². The fraction of sp³-hybridized carbons (Fsp3) is 0.824. The van der Waals surface area contributed by atoms with Gasteiger partial charge in [0, 0.05) is 12.3 Å². The number of rotatable bonds is 5. The molecule has 2 fully saturated rings. The summed E-state index contributed by atoms with van der Waals surface area (Å²) in [5.74, 6) is 0.253. The third kappa shape index (κ3) is 4.12. The molecule has 5 nitrogen and oxygen atoms in total. The maximum atomic E-state index is 12.8. The molecule has 2 amide bonds. The minimum Gasteiger partial charge on any atom is -0.413 e. The Morgan fingerprint density at radius 1 is 1.40 bits per heavy atom. The molecule has 2 saturated heterocycles. The molecule has 8 heteroatoms. The largest absolute Gasteiger partial charge is 0.413 e. The van der Waals surface area contributed by atoms with Crippen LogP contribution in [0.4, 0.5) is 0 Å². The summed E-state index contributed by atoms with van der Waals surface area (Å²) in [6.07, 6.45) is -0.199. The van der Waals surface area contributed by atoms with Crippen LogP contribution in [-0.2, 0) is 14.0 Å². The molecule has 0 aliphatic carbocycles. The molecule has 2 rings (SSSR count). The van der Waals surface area contributed by atoms with Crippen LogP contribution in [-0.4, -0.2) is 53.8 Å². The molecule has 142 valence electrons. The lowest BCUT2D eigenvalue weighted by atomic mass is 9.78. The van der Waals surface area contributed by atoms with E-state index in [1.165, 1.54) is 11.8 Å². The SMILES string of the molecule is C[C@H](C(=O)N1CCSC1=S)[C@H]1NC(=O)[C@@H]1[C@@H](C)O[Si](C)(C)C(C)(C)C. The van der Waals surface area contributed by atoms with Gasteiger partial charge >= 0.3 is 0 Å². The van der Waals surface area contributed by atoms with Crippen LogP contribution in [0.1, 0.15) is 34.6 Å². The molecule has 0 radical (unpaired) electrons. The number of hydrogen-bond acceptors (Lipinski definition) is 5. The molecule has 0 aromatic rings. The van der Waals surface area contributed by atoms with Gasteiger partial charge in [0.1, 0.15) is 4.32 Å². The van der Waals surface area contributed by atoms with Crippen LogP contribution < -0.4 is 5.32 Å². The van der Waals surface area contributed by atoms with Crippen LogP contribution in [0.3, 0.4) is 0 Å². The fourth-order valence-electron chi connectivity index (χ4n) is 3.07. The standard InChI is InChI=1S/C17H30N2O3S2Si/c1-10(15(21)19-8-9-24-16(19)23)13-12(14(20)18-13)11(2)22-25(6,7)17(3,4)5/h10-13H,8-9H2,1-7H3,(H,18,20)/t10-,11+,12+,13+/m0/s1. The van der Waals surface area contributed by atoms with E-state index in [0.717, 1.165) is 5.75 Å². The Bertz CT molecular complexity index is 577. The molecule has 25 heavy (non-hydrogen) atoms. The molecule has 0 bridgehead atoms. The van der Waals surface area contributed by atoms with E-state index in [4.69, 9.17) is 16.6 Å². The summed E-state index contributed by atoms with van der Waals surface area (Å²) in [5, 5.41) is 3.00. The summed E-state index contributed by atoms with van der Waals surface area (Å²) in [6.45, 7) is 15.4. The van der Waals surface area contributed by atoms with E-state index in [0.29, 0.717) is 10.9 Å². The first kappa shape index (κ1) is 20.9. The number of thiocarbonyl (C=S) groups is 1. The molecule has 1 N–H and O–H groups in total. The van der Waals surface area contributed by atoms with E-state index in [1.54, 1.807) is 4.90 Å². The van der Waals surface area contributed by atoms with Crippen molar-refractivity contribution in [2.75, 3.05) is 12.3 Å². The number of amides is 2. The predicted octanol–water partition coefficient (Wildman–Crippen LogP) is 3.01. The minimum atomic E-state index is -1.97. The van der Waals surface area contributed by atoms with Crippen molar-refractivity contribution in [2.24, 2.45) is 11.8 Å². The molecule has 4 atom stereocenters. The van der Waals surface area contributed by atoms with Crippen molar-refractivity contribution in [1.29, 1.82) is 0 Å². The number of nitrogens with one attached hydrogen (secondary N) is 1. The van der Waals surface area contributed by atoms with Crippen molar-refractivity contribution in [1.82, 2.24) is 10.2 Å². The van der Waals surface area contributed by atoms with Gasteiger partial charge in [0.2, 0.25) is 11.8 Å². The molecular weight excluding hydrogens is 372 g/mol. The van der Waals surface area contributed by atoms with Gasteiger partial charge in [-0.3, -0.25) is 14.5 Å². The lowest BCUT2D eigenvalue weighted by Crippen LogP contribution is -2.67. The van der Waals surface area contributed by atoms with Crippen LogP contribution in [0.15, 0.2) is 0 Å². The second-order valence-corrected chi connectivity index (χ2v) is 15.0. The Labute approximate surface area is 161 Å². The quantitative estimate of drug-likeness (QED) is 0.435. The number of nitrogens with zero attached hydrogens (tertiary/aromatic N) is 1. The fourth-order valence-corrected chi connectivity index (χ4v) is 5.71. The van der Waals surface area contributed by atoms with Gasteiger partial charge in [-0.2, -0.15) is 0 Å². The van der Waals surface area contributed by atoms with Gasteiger partial charge in [-0.05, 0) is 25.1 Å². The molecule has 0 unspecified atom stereocenters. The van der Waals surface area contributed by atoms with E-state index in [9.17, 15) is 9.59 Å². The Morgan fingerprint density at radius 3 is 2.44 bits per heavy atom. The van der Waals surface area contributed by atoms with Gasteiger partial charge < -0.3 is 9.74 Å². The molecule has 0 aromatic heterocycles. The van der Waals surface area contributed by atoms with Crippen LogP contribution in [0.5, 0.6) is 0 Å². The second-order valence-electron chi connectivity index (χ2n) is 8.54. The Hall–Kier alpha value is -0.443. The number of thioether (sulfide) groups is 1. The molecular formula is C17H30N2O3S2Si. The highest BCUT2D eigenvalue weighted by Gasteiger charge is 2.51. The van der Waals surface area contributed by atoms with E-state index < -0.39 is 8.32 Å². The third-order valence-corrected chi connectivity index (χ3v) is 11.7. The van der Waals surface area contributed by atoms with Crippen molar-refractivity contribution in [3.05, 3.63) is 0 Å².